The maximum Gasteiger partial charge on any atom is 0.255 e. The Morgan fingerprint density at radius 2 is 1.50 bits per heavy atom. The summed E-state index contributed by atoms with van der Waals surface area (Å²) >= 11 is 5.92. The lowest BCUT2D eigenvalue weighted by molar-refractivity contribution is -0.114. The highest BCUT2D eigenvalue weighted by molar-refractivity contribution is 6.30. The molecule has 5 nitrogen and oxygen atoms in total. The van der Waals surface area contributed by atoms with E-state index in [4.69, 9.17) is 11.6 Å². The Morgan fingerprint density at radius 3 is 2.18 bits per heavy atom. The molecular formula is C22H20ClN3O2. The van der Waals surface area contributed by atoms with E-state index in [9.17, 15) is 9.59 Å². The number of nitrogens with one attached hydrogen (secondary N) is 3. The summed E-state index contributed by atoms with van der Waals surface area (Å²) in [5.41, 5.74) is 3.70. The van der Waals surface area contributed by atoms with Crippen molar-refractivity contribution in [1.29, 1.82) is 0 Å². The van der Waals surface area contributed by atoms with Crippen LogP contribution < -0.4 is 16.0 Å². The number of hydrogen-bond donors (Lipinski definition) is 3. The predicted octanol–water partition coefficient (Wildman–Crippen LogP) is 4.95. The molecule has 0 aliphatic heterocycles. The average Bonchev–Trinajstić information content (AvgIpc) is 2.68. The third-order valence-corrected chi connectivity index (χ3v) is 4.22. The van der Waals surface area contributed by atoms with Crippen molar-refractivity contribution < 1.29 is 9.59 Å². The number of hydrogen-bond acceptors (Lipinski definition) is 3. The summed E-state index contributed by atoms with van der Waals surface area (Å²) in [7, 11) is 0. The van der Waals surface area contributed by atoms with Crippen molar-refractivity contribution >= 4 is 40.5 Å². The highest BCUT2D eigenvalue weighted by atomic mass is 35.5. The molecule has 0 aliphatic rings. The number of carbonyl (C=O) groups is 2. The fourth-order valence-corrected chi connectivity index (χ4v) is 2.80. The second-order valence-electron chi connectivity index (χ2n) is 6.31. The molecule has 0 heterocycles. The van der Waals surface area contributed by atoms with E-state index in [1.54, 1.807) is 42.5 Å². The standard InChI is InChI=1S/C22H20ClN3O2/c1-15-4-2-5-16(12-15)22(28)26-19-10-8-18(9-11-19)25-21(27)14-24-20-7-3-6-17(23)13-20/h2-13,24H,14H2,1H3,(H,25,27)(H,26,28). The fraction of sp³-hybridized carbons (Fsp3) is 0.0909. The van der Waals surface area contributed by atoms with Crippen LogP contribution in [-0.2, 0) is 4.79 Å². The van der Waals surface area contributed by atoms with Gasteiger partial charge in [0.05, 0.1) is 6.54 Å². The van der Waals surface area contributed by atoms with Crippen molar-refractivity contribution in [3.05, 3.63) is 88.9 Å². The Kier molecular flexibility index (Phi) is 6.29. The Labute approximate surface area is 168 Å². The molecule has 0 fully saturated rings. The molecule has 0 unspecified atom stereocenters. The number of halogens is 1. The first kappa shape index (κ1) is 19.5. The first-order valence-electron chi connectivity index (χ1n) is 8.77. The minimum absolute atomic E-state index is 0.117. The predicted molar refractivity (Wildman–Crippen MR) is 114 cm³/mol. The van der Waals surface area contributed by atoms with Gasteiger partial charge in [-0.1, -0.05) is 35.4 Å². The van der Waals surface area contributed by atoms with Crippen LogP contribution in [0.3, 0.4) is 0 Å². The summed E-state index contributed by atoms with van der Waals surface area (Å²) in [6.45, 7) is 2.06. The lowest BCUT2D eigenvalue weighted by atomic mass is 10.1. The second-order valence-corrected chi connectivity index (χ2v) is 6.75. The molecule has 6 heteroatoms. The summed E-state index contributed by atoms with van der Waals surface area (Å²) in [4.78, 5) is 24.3. The molecular weight excluding hydrogens is 374 g/mol. The van der Waals surface area contributed by atoms with Gasteiger partial charge in [0.1, 0.15) is 0 Å². The van der Waals surface area contributed by atoms with E-state index in [0.29, 0.717) is 22.0 Å². The third-order valence-electron chi connectivity index (χ3n) is 3.98. The molecule has 3 N–H and O–H groups in total. The Hall–Kier alpha value is -3.31. The highest BCUT2D eigenvalue weighted by Gasteiger charge is 2.07. The molecule has 0 spiro atoms. The van der Waals surface area contributed by atoms with Gasteiger partial charge in [-0.05, 0) is 61.5 Å². The van der Waals surface area contributed by atoms with Gasteiger partial charge in [-0.25, -0.2) is 0 Å². The minimum Gasteiger partial charge on any atom is -0.376 e. The lowest BCUT2D eigenvalue weighted by Crippen LogP contribution is -2.21. The molecule has 142 valence electrons. The van der Waals surface area contributed by atoms with Gasteiger partial charge in [-0.2, -0.15) is 0 Å². The monoisotopic (exact) mass is 393 g/mol. The molecule has 0 saturated carbocycles. The number of anilines is 3. The number of carbonyl (C=O) groups excluding carboxylic acids is 2. The molecule has 0 aliphatic carbocycles. The smallest absolute Gasteiger partial charge is 0.255 e. The van der Waals surface area contributed by atoms with Gasteiger partial charge in [0.25, 0.3) is 5.91 Å². The van der Waals surface area contributed by atoms with Gasteiger partial charge >= 0.3 is 0 Å². The van der Waals surface area contributed by atoms with Crippen LogP contribution in [0.4, 0.5) is 17.1 Å². The van der Waals surface area contributed by atoms with Crippen LogP contribution in [0.5, 0.6) is 0 Å². The quantitative estimate of drug-likeness (QED) is 0.554. The zero-order valence-corrected chi connectivity index (χ0v) is 16.1. The van der Waals surface area contributed by atoms with E-state index in [-0.39, 0.29) is 18.4 Å². The van der Waals surface area contributed by atoms with Crippen molar-refractivity contribution in [3.63, 3.8) is 0 Å². The van der Waals surface area contributed by atoms with E-state index >= 15 is 0 Å². The zero-order valence-electron chi connectivity index (χ0n) is 15.3. The van der Waals surface area contributed by atoms with Gasteiger partial charge in [0.2, 0.25) is 5.91 Å². The maximum absolute atomic E-state index is 12.3. The van der Waals surface area contributed by atoms with E-state index in [2.05, 4.69) is 16.0 Å². The minimum atomic E-state index is -0.184. The van der Waals surface area contributed by atoms with Crippen molar-refractivity contribution in [2.24, 2.45) is 0 Å². The van der Waals surface area contributed by atoms with Crippen LogP contribution in [-0.4, -0.2) is 18.4 Å². The molecule has 0 aromatic heterocycles. The summed E-state index contributed by atoms with van der Waals surface area (Å²) in [5.74, 6) is -0.359. The lowest BCUT2D eigenvalue weighted by Gasteiger charge is -2.10. The second kappa shape index (κ2) is 9.06. The number of amides is 2. The van der Waals surface area contributed by atoms with E-state index < -0.39 is 0 Å². The van der Waals surface area contributed by atoms with Crippen LogP contribution in [0.25, 0.3) is 0 Å². The summed E-state index contributed by atoms with van der Waals surface area (Å²) in [5, 5.41) is 9.26. The van der Waals surface area contributed by atoms with Crippen LogP contribution in [0.2, 0.25) is 5.02 Å². The molecule has 3 rings (SSSR count). The summed E-state index contributed by atoms with van der Waals surface area (Å²) in [6.07, 6.45) is 0. The number of rotatable bonds is 6. The van der Waals surface area contributed by atoms with E-state index in [1.807, 2.05) is 37.3 Å². The Bertz CT molecular complexity index is 987. The largest absolute Gasteiger partial charge is 0.376 e. The Balaban J connectivity index is 1.52. The number of benzene rings is 3. The molecule has 0 radical (unpaired) electrons. The molecule has 3 aromatic rings. The topological polar surface area (TPSA) is 70.2 Å². The number of aryl methyl sites for hydroxylation is 1. The van der Waals surface area contributed by atoms with Gasteiger partial charge in [-0.3, -0.25) is 9.59 Å². The molecule has 3 aromatic carbocycles. The van der Waals surface area contributed by atoms with Crippen molar-refractivity contribution in [2.45, 2.75) is 6.92 Å². The highest BCUT2D eigenvalue weighted by Crippen LogP contribution is 2.16. The van der Waals surface area contributed by atoms with E-state index in [0.717, 1.165) is 11.3 Å². The molecule has 2 amide bonds. The summed E-state index contributed by atoms with van der Waals surface area (Å²) < 4.78 is 0. The SMILES string of the molecule is Cc1cccc(C(=O)Nc2ccc(NC(=O)CNc3cccc(Cl)c3)cc2)c1. The fourth-order valence-electron chi connectivity index (χ4n) is 2.61. The van der Waals surface area contributed by atoms with Gasteiger partial charge in [-0.15, -0.1) is 0 Å². The van der Waals surface area contributed by atoms with Crippen LogP contribution in [0.15, 0.2) is 72.8 Å². The normalized spacial score (nSPS) is 10.2. The molecule has 28 heavy (non-hydrogen) atoms. The van der Waals surface area contributed by atoms with Gasteiger partial charge < -0.3 is 16.0 Å². The van der Waals surface area contributed by atoms with E-state index in [1.165, 1.54) is 0 Å². The molecule has 0 saturated heterocycles. The maximum atomic E-state index is 12.3. The first-order valence-corrected chi connectivity index (χ1v) is 9.15. The summed E-state index contributed by atoms with van der Waals surface area (Å²) in [6, 6.07) is 21.5. The average molecular weight is 394 g/mol. The third kappa shape index (κ3) is 5.59. The molecule has 0 atom stereocenters. The van der Waals surface area contributed by atoms with Crippen molar-refractivity contribution in [3.8, 4) is 0 Å². The zero-order chi connectivity index (χ0) is 19.9. The van der Waals surface area contributed by atoms with Gasteiger partial charge in [0.15, 0.2) is 0 Å². The van der Waals surface area contributed by atoms with Crippen LogP contribution >= 0.6 is 11.6 Å². The first-order chi connectivity index (χ1) is 13.5. The van der Waals surface area contributed by atoms with Crippen LogP contribution in [0.1, 0.15) is 15.9 Å². The van der Waals surface area contributed by atoms with Crippen molar-refractivity contribution in [1.82, 2.24) is 0 Å². The van der Waals surface area contributed by atoms with Crippen LogP contribution in [0, 0.1) is 6.92 Å². The van der Waals surface area contributed by atoms with Gasteiger partial charge in [0, 0.05) is 27.6 Å². The Morgan fingerprint density at radius 1 is 0.821 bits per heavy atom. The van der Waals surface area contributed by atoms with Crippen molar-refractivity contribution in [2.75, 3.05) is 22.5 Å². The molecule has 0 bridgehead atoms.